The van der Waals surface area contributed by atoms with E-state index in [1.54, 1.807) is 36.4 Å². The summed E-state index contributed by atoms with van der Waals surface area (Å²) >= 11 is 0. The topological polar surface area (TPSA) is 93.5 Å². The highest BCUT2D eigenvalue weighted by atomic mass is 16.5. The van der Waals surface area contributed by atoms with Crippen LogP contribution in [-0.4, -0.2) is 27.9 Å². The molecule has 0 bridgehead atoms. The van der Waals surface area contributed by atoms with E-state index in [4.69, 9.17) is 4.74 Å². The van der Waals surface area contributed by atoms with Crippen molar-refractivity contribution in [3.8, 4) is 17.2 Å². The van der Waals surface area contributed by atoms with Crippen LogP contribution >= 0.6 is 0 Å². The van der Waals surface area contributed by atoms with E-state index in [9.17, 15) is 14.7 Å². The Bertz CT molecular complexity index is 1060. The Morgan fingerprint density at radius 2 is 1.82 bits per heavy atom. The van der Waals surface area contributed by atoms with Crippen molar-refractivity contribution in [2.75, 3.05) is 12.4 Å². The number of nitrogens with zero attached hydrogens (tertiary/aromatic N) is 2. The molecule has 7 nitrogen and oxygen atoms in total. The van der Waals surface area contributed by atoms with Gasteiger partial charge in [0.15, 0.2) is 11.4 Å². The van der Waals surface area contributed by atoms with Crippen molar-refractivity contribution in [3.05, 3.63) is 76.2 Å². The predicted molar refractivity (Wildman–Crippen MR) is 107 cm³/mol. The van der Waals surface area contributed by atoms with E-state index in [-0.39, 0.29) is 5.69 Å². The third kappa shape index (κ3) is 3.88. The molecule has 0 unspecified atom stereocenters. The summed E-state index contributed by atoms with van der Waals surface area (Å²) in [6.07, 6.45) is 0. The van der Waals surface area contributed by atoms with Gasteiger partial charge in [-0.15, -0.1) is 0 Å². The molecule has 0 saturated carbocycles. The van der Waals surface area contributed by atoms with Crippen molar-refractivity contribution < 1.29 is 14.6 Å². The minimum absolute atomic E-state index is 0.265. The van der Waals surface area contributed by atoms with Gasteiger partial charge in [-0.25, -0.2) is 0 Å². The number of carbonyl (C=O) groups excluding carboxylic acids is 1. The van der Waals surface area contributed by atoms with Crippen molar-refractivity contribution in [1.29, 1.82) is 0 Å². The minimum atomic E-state index is -0.626. The van der Waals surface area contributed by atoms with Crippen LogP contribution in [-0.2, 0) is 0 Å². The van der Waals surface area contributed by atoms with E-state index >= 15 is 0 Å². The van der Waals surface area contributed by atoms with Gasteiger partial charge in [-0.05, 0) is 35.7 Å². The predicted octanol–water partition coefficient (Wildman–Crippen LogP) is 3.32. The summed E-state index contributed by atoms with van der Waals surface area (Å²) < 4.78 is 6.27. The highest BCUT2D eigenvalue weighted by Gasteiger charge is 2.18. The number of aromatic hydroxyl groups is 1. The molecule has 0 spiro atoms. The highest BCUT2D eigenvalue weighted by molar-refractivity contribution is 6.04. The number of hydrogen-bond acceptors (Lipinski definition) is 5. The fraction of sp³-hybridized carbons (Fsp3) is 0.190. The van der Waals surface area contributed by atoms with Crippen LogP contribution < -0.4 is 15.6 Å². The molecule has 2 N–H and O–H groups in total. The third-order valence-corrected chi connectivity index (χ3v) is 4.28. The van der Waals surface area contributed by atoms with E-state index in [0.29, 0.717) is 23.0 Å². The van der Waals surface area contributed by atoms with Gasteiger partial charge in [-0.1, -0.05) is 38.1 Å². The van der Waals surface area contributed by atoms with Gasteiger partial charge in [0.05, 0.1) is 7.11 Å². The molecule has 0 aliphatic heterocycles. The molecule has 0 saturated heterocycles. The van der Waals surface area contributed by atoms with Crippen molar-refractivity contribution in [2.45, 2.75) is 19.8 Å². The zero-order valence-corrected chi connectivity index (χ0v) is 15.8. The number of rotatable bonds is 5. The maximum atomic E-state index is 12.6. The minimum Gasteiger partial charge on any atom is -0.505 e. The van der Waals surface area contributed by atoms with Crippen LogP contribution in [0.3, 0.4) is 0 Å². The summed E-state index contributed by atoms with van der Waals surface area (Å²) in [5.74, 6) is -0.329. The lowest BCUT2D eigenvalue weighted by Crippen LogP contribution is -2.25. The largest absolute Gasteiger partial charge is 0.505 e. The molecule has 0 aliphatic rings. The first-order valence-corrected chi connectivity index (χ1v) is 8.78. The van der Waals surface area contributed by atoms with Crippen LogP contribution in [0.5, 0.6) is 11.5 Å². The van der Waals surface area contributed by atoms with Gasteiger partial charge in [0, 0.05) is 11.8 Å². The van der Waals surface area contributed by atoms with Crippen LogP contribution in [0.2, 0.25) is 0 Å². The second-order valence-electron chi connectivity index (χ2n) is 6.53. The van der Waals surface area contributed by atoms with Crippen LogP contribution in [0.1, 0.15) is 35.8 Å². The standard InChI is InChI=1S/C21H21N3O4/c1-13(2)14-8-10-15(11-9-14)22-21(27)20-17(25)12-19(26)24(23-20)16-6-4-5-7-18(16)28-3/h4-13,25H,1-3H3,(H,22,27). The number of hydrogen-bond donors (Lipinski definition) is 2. The summed E-state index contributed by atoms with van der Waals surface area (Å²) in [6, 6.07) is 15.1. The molecule has 3 aromatic rings. The first kappa shape index (κ1) is 19.2. The van der Waals surface area contributed by atoms with Gasteiger partial charge in [0.25, 0.3) is 11.5 Å². The molecule has 7 heteroatoms. The second kappa shape index (κ2) is 7.96. The van der Waals surface area contributed by atoms with Crippen LogP contribution in [0, 0.1) is 0 Å². The van der Waals surface area contributed by atoms with Gasteiger partial charge in [-0.2, -0.15) is 9.78 Å². The lowest BCUT2D eigenvalue weighted by Gasteiger charge is -2.12. The lowest BCUT2D eigenvalue weighted by atomic mass is 10.0. The molecular formula is C21H21N3O4. The van der Waals surface area contributed by atoms with Crippen molar-refractivity contribution in [3.63, 3.8) is 0 Å². The Morgan fingerprint density at radius 1 is 1.14 bits per heavy atom. The van der Waals surface area contributed by atoms with Gasteiger partial charge in [-0.3, -0.25) is 9.59 Å². The Labute approximate surface area is 162 Å². The van der Waals surface area contributed by atoms with Gasteiger partial charge in [0.2, 0.25) is 0 Å². The lowest BCUT2D eigenvalue weighted by molar-refractivity contribution is 0.101. The number of aromatic nitrogens is 2. The summed E-state index contributed by atoms with van der Waals surface area (Å²) in [6.45, 7) is 4.16. The number of carbonyl (C=O) groups is 1. The molecule has 1 heterocycles. The average Bonchev–Trinajstić information content (AvgIpc) is 2.68. The molecule has 144 valence electrons. The van der Waals surface area contributed by atoms with Gasteiger partial charge >= 0.3 is 0 Å². The normalized spacial score (nSPS) is 10.7. The fourth-order valence-corrected chi connectivity index (χ4v) is 2.73. The molecule has 0 aliphatic carbocycles. The number of para-hydroxylation sites is 2. The molecule has 2 aromatic carbocycles. The molecular weight excluding hydrogens is 358 g/mol. The van der Waals surface area contributed by atoms with Crippen molar-refractivity contribution in [2.24, 2.45) is 0 Å². The molecule has 3 rings (SSSR count). The monoisotopic (exact) mass is 379 g/mol. The Balaban J connectivity index is 1.95. The second-order valence-corrected chi connectivity index (χ2v) is 6.53. The van der Waals surface area contributed by atoms with E-state index in [1.807, 2.05) is 12.1 Å². The van der Waals surface area contributed by atoms with Gasteiger partial charge < -0.3 is 15.2 Å². The molecule has 28 heavy (non-hydrogen) atoms. The number of nitrogens with one attached hydrogen (secondary N) is 1. The molecule has 1 amide bonds. The number of methoxy groups -OCH3 is 1. The smallest absolute Gasteiger partial charge is 0.279 e. The average molecular weight is 379 g/mol. The van der Waals surface area contributed by atoms with E-state index in [2.05, 4.69) is 24.3 Å². The SMILES string of the molecule is COc1ccccc1-n1nc(C(=O)Nc2ccc(C(C)C)cc2)c(O)cc1=O. The highest BCUT2D eigenvalue weighted by Crippen LogP contribution is 2.22. The number of amides is 1. The Kier molecular flexibility index (Phi) is 5.44. The molecule has 0 fully saturated rings. The van der Waals surface area contributed by atoms with E-state index in [1.165, 1.54) is 7.11 Å². The Morgan fingerprint density at radius 3 is 2.46 bits per heavy atom. The summed E-state index contributed by atoms with van der Waals surface area (Å²) in [7, 11) is 1.47. The third-order valence-electron chi connectivity index (χ3n) is 4.28. The Hall–Kier alpha value is -3.61. The quantitative estimate of drug-likeness (QED) is 0.709. The number of ether oxygens (including phenoxy) is 1. The van der Waals surface area contributed by atoms with Crippen LogP contribution in [0.25, 0.3) is 5.69 Å². The molecule has 0 radical (unpaired) electrons. The number of benzene rings is 2. The van der Waals surface area contributed by atoms with Gasteiger partial charge in [0.1, 0.15) is 11.4 Å². The molecule has 1 aromatic heterocycles. The van der Waals surface area contributed by atoms with Crippen LogP contribution in [0.4, 0.5) is 5.69 Å². The fourth-order valence-electron chi connectivity index (χ4n) is 2.73. The molecule has 0 atom stereocenters. The summed E-state index contributed by atoms with van der Waals surface area (Å²) in [4.78, 5) is 24.9. The van der Waals surface area contributed by atoms with Crippen molar-refractivity contribution >= 4 is 11.6 Å². The maximum absolute atomic E-state index is 12.6. The summed E-state index contributed by atoms with van der Waals surface area (Å²) in [5.41, 5.74) is 1.22. The number of anilines is 1. The summed E-state index contributed by atoms with van der Waals surface area (Å²) in [5, 5.41) is 16.8. The van der Waals surface area contributed by atoms with E-state index < -0.39 is 17.2 Å². The van der Waals surface area contributed by atoms with Crippen molar-refractivity contribution in [1.82, 2.24) is 9.78 Å². The van der Waals surface area contributed by atoms with E-state index in [0.717, 1.165) is 16.3 Å². The maximum Gasteiger partial charge on any atom is 0.279 e. The zero-order valence-electron chi connectivity index (χ0n) is 15.8. The first-order valence-electron chi connectivity index (χ1n) is 8.78. The first-order chi connectivity index (χ1) is 13.4. The zero-order chi connectivity index (χ0) is 20.3. The van der Waals surface area contributed by atoms with Crippen LogP contribution in [0.15, 0.2) is 59.4 Å².